The van der Waals surface area contributed by atoms with E-state index in [1.807, 2.05) is 0 Å². The van der Waals surface area contributed by atoms with Crippen LogP contribution >= 0.6 is 11.6 Å². The molecule has 0 N–H and O–H groups in total. The molecule has 0 amide bonds. The highest BCUT2D eigenvalue weighted by molar-refractivity contribution is 6.47. The summed E-state index contributed by atoms with van der Waals surface area (Å²) >= 11 is 5.28. The van der Waals surface area contributed by atoms with Crippen molar-refractivity contribution < 1.29 is 9.59 Å². The molecule has 0 atom stereocenters. The maximum absolute atomic E-state index is 11.5. The summed E-state index contributed by atoms with van der Waals surface area (Å²) < 4.78 is 0.958. The number of carbonyl (C=O) groups is 2. The number of hydrogen-bond acceptors (Lipinski definition) is 4. The lowest BCUT2D eigenvalue weighted by Crippen LogP contribution is -2.23. The number of alkyl halides is 1. The van der Waals surface area contributed by atoms with Gasteiger partial charge in [-0.1, -0.05) is 17.3 Å². The van der Waals surface area contributed by atoms with Gasteiger partial charge in [0.25, 0.3) is 0 Å². The first-order valence-corrected chi connectivity index (χ1v) is 4.71. The number of halogens is 1. The third kappa shape index (κ3) is 1.61. The highest BCUT2D eigenvalue weighted by Crippen LogP contribution is 2.09. The molecule has 0 saturated carbocycles. The van der Waals surface area contributed by atoms with Crippen LogP contribution in [0.4, 0.5) is 0 Å². The van der Waals surface area contributed by atoms with Crippen LogP contribution in [0.15, 0.2) is 24.3 Å². The van der Waals surface area contributed by atoms with Crippen LogP contribution in [-0.4, -0.2) is 32.6 Å². The standard InChI is InChI=1S/C9H6ClN3O2/c10-5-8(14)9(15)13-7-4-2-1-3-6(7)11-12-13/h1-4H,5H2. The molecule has 0 unspecified atom stereocenters. The van der Waals surface area contributed by atoms with Crippen LogP contribution in [0, 0.1) is 0 Å². The molecule has 1 heterocycles. The molecular weight excluding hydrogens is 218 g/mol. The number of ketones is 1. The van der Waals surface area contributed by atoms with Crippen molar-refractivity contribution >= 4 is 34.3 Å². The van der Waals surface area contributed by atoms with Gasteiger partial charge in [-0.25, -0.2) is 0 Å². The zero-order chi connectivity index (χ0) is 10.8. The fourth-order valence-electron chi connectivity index (χ4n) is 1.19. The maximum atomic E-state index is 11.5. The Hall–Kier alpha value is -1.75. The van der Waals surface area contributed by atoms with Gasteiger partial charge in [-0.2, -0.15) is 4.68 Å². The minimum absolute atomic E-state index is 0.354. The molecular formula is C9H6ClN3O2. The van der Waals surface area contributed by atoms with Crippen LogP contribution in [0.5, 0.6) is 0 Å². The van der Waals surface area contributed by atoms with E-state index in [0.29, 0.717) is 11.0 Å². The van der Waals surface area contributed by atoms with Crippen LogP contribution in [0.1, 0.15) is 4.79 Å². The summed E-state index contributed by atoms with van der Waals surface area (Å²) in [6, 6.07) is 6.88. The topological polar surface area (TPSA) is 64.8 Å². The summed E-state index contributed by atoms with van der Waals surface area (Å²) in [5, 5.41) is 7.36. The number of rotatable bonds is 2. The SMILES string of the molecule is O=C(CCl)C(=O)n1nnc2ccccc21. The van der Waals surface area contributed by atoms with Gasteiger partial charge in [0, 0.05) is 0 Å². The Morgan fingerprint density at radius 1 is 1.33 bits per heavy atom. The summed E-state index contributed by atoms with van der Waals surface area (Å²) in [7, 11) is 0. The first-order valence-electron chi connectivity index (χ1n) is 4.18. The Balaban J connectivity index is 2.53. The third-order valence-corrected chi connectivity index (χ3v) is 2.15. The van der Waals surface area contributed by atoms with E-state index in [9.17, 15) is 9.59 Å². The fourth-order valence-corrected chi connectivity index (χ4v) is 1.31. The number of hydrogen-bond donors (Lipinski definition) is 0. The van der Waals surface area contributed by atoms with Crippen LogP contribution in [0.25, 0.3) is 11.0 Å². The van der Waals surface area contributed by atoms with Gasteiger partial charge in [0.05, 0.1) is 11.4 Å². The van der Waals surface area contributed by atoms with E-state index in [-0.39, 0.29) is 5.88 Å². The van der Waals surface area contributed by atoms with Crippen LogP contribution < -0.4 is 0 Å². The van der Waals surface area contributed by atoms with Gasteiger partial charge in [-0.05, 0) is 12.1 Å². The monoisotopic (exact) mass is 223 g/mol. The number of fused-ring (bicyclic) bond motifs is 1. The minimum atomic E-state index is -0.765. The van der Waals surface area contributed by atoms with Crippen molar-refractivity contribution in [3.8, 4) is 0 Å². The highest BCUT2D eigenvalue weighted by Gasteiger charge is 2.18. The van der Waals surface area contributed by atoms with Crippen molar-refractivity contribution in [2.45, 2.75) is 0 Å². The molecule has 5 nitrogen and oxygen atoms in total. The number of benzene rings is 1. The highest BCUT2D eigenvalue weighted by atomic mass is 35.5. The summed E-state index contributed by atoms with van der Waals surface area (Å²) in [5.74, 6) is -1.82. The summed E-state index contributed by atoms with van der Waals surface area (Å²) in [5.41, 5.74) is 1.06. The van der Waals surface area contributed by atoms with E-state index in [0.717, 1.165) is 4.68 Å². The second-order valence-electron chi connectivity index (χ2n) is 2.85. The lowest BCUT2D eigenvalue weighted by molar-refractivity contribution is -0.113. The molecule has 6 heteroatoms. The largest absolute Gasteiger partial charge is 0.317 e. The lowest BCUT2D eigenvalue weighted by atomic mass is 10.3. The molecule has 0 fully saturated rings. The van der Waals surface area contributed by atoms with Crippen molar-refractivity contribution in [1.29, 1.82) is 0 Å². The number of nitrogens with zero attached hydrogens (tertiary/aromatic N) is 3. The molecule has 15 heavy (non-hydrogen) atoms. The van der Waals surface area contributed by atoms with Crippen LogP contribution in [0.3, 0.4) is 0 Å². The first-order chi connectivity index (χ1) is 7.24. The number of aromatic nitrogens is 3. The van der Waals surface area contributed by atoms with Gasteiger partial charge < -0.3 is 0 Å². The van der Waals surface area contributed by atoms with Gasteiger partial charge in [-0.15, -0.1) is 16.7 Å². The van der Waals surface area contributed by atoms with E-state index < -0.39 is 11.7 Å². The number of carbonyl (C=O) groups excluding carboxylic acids is 2. The average molecular weight is 224 g/mol. The second-order valence-corrected chi connectivity index (χ2v) is 3.12. The van der Waals surface area contributed by atoms with Gasteiger partial charge in [0.1, 0.15) is 5.52 Å². The summed E-state index contributed by atoms with van der Waals surface area (Å²) in [4.78, 5) is 22.6. The summed E-state index contributed by atoms with van der Waals surface area (Å²) in [6.45, 7) is 0. The first kappa shape index (κ1) is 9.79. The van der Waals surface area contributed by atoms with E-state index in [4.69, 9.17) is 11.6 Å². The molecule has 2 aromatic rings. The molecule has 0 aliphatic rings. The van der Waals surface area contributed by atoms with Gasteiger partial charge in [-0.3, -0.25) is 9.59 Å². The lowest BCUT2D eigenvalue weighted by Gasteiger charge is -1.96. The normalized spacial score (nSPS) is 10.5. The molecule has 0 bridgehead atoms. The van der Waals surface area contributed by atoms with E-state index in [2.05, 4.69) is 10.3 Å². The van der Waals surface area contributed by atoms with E-state index >= 15 is 0 Å². The molecule has 0 radical (unpaired) electrons. The fraction of sp³-hybridized carbons (Fsp3) is 0.111. The maximum Gasteiger partial charge on any atom is 0.317 e. The zero-order valence-corrected chi connectivity index (χ0v) is 8.31. The van der Waals surface area contributed by atoms with Gasteiger partial charge >= 0.3 is 5.91 Å². The Morgan fingerprint density at radius 3 is 2.80 bits per heavy atom. The van der Waals surface area contributed by atoms with Crippen molar-refractivity contribution in [1.82, 2.24) is 15.0 Å². The van der Waals surface area contributed by atoms with Crippen LogP contribution in [-0.2, 0) is 4.79 Å². The minimum Gasteiger partial charge on any atom is -0.287 e. The molecule has 1 aromatic carbocycles. The van der Waals surface area contributed by atoms with Gasteiger partial charge in [0.15, 0.2) is 0 Å². The Labute approximate surface area is 89.6 Å². The molecule has 2 rings (SSSR count). The number of para-hydroxylation sites is 1. The van der Waals surface area contributed by atoms with Crippen molar-refractivity contribution in [3.05, 3.63) is 24.3 Å². The molecule has 0 spiro atoms. The average Bonchev–Trinajstić information content (AvgIpc) is 2.70. The quantitative estimate of drug-likeness (QED) is 0.560. The zero-order valence-electron chi connectivity index (χ0n) is 7.55. The van der Waals surface area contributed by atoms with Crippen LogP contribution in [0.2, 0.25) is 0 Å². The Morgan fingerprint density at radius 2 is 2.07 bits per heavy atom. The second kappa shape index (κ2) is 3.78. The predicted molar refractivity (Wildman–Crippen MR) is 53.9 cm³/mol. The molecule has 1 aromatic heterocycles. The third-order valence-electron chi connectivity index (χ3n) is 1.90. The molecule has 0 aliphatic carbocycles. The smallest absolute Gasteiger partial charge is 0.287 e. The van der Waals surface area contributed by atoms with Crippen molar-refractivity contribution in [2.24, 2.45) is 0 Å². The van der Waals surface area contributed by atoms with E-state index in [1.165, 1.54) is 0 Å². The molecule has 0 aliphatic heterocycles. The summed E-state index contributed by atoms with van der Waals surface area (Å²) in [6.07, 6.45) is 0. The predicted octanol–water partition coefficient (Wildman–Crippen LogP) is 0.879. The number of Topliss-reactive ketones (excluding diaryl/α,β-unsaturated/α-hetero) is 1. The Kier molecular flexibility index (Phi) is 2.47. The van der Waals surface area contributed by atoms with E-state index in [1.54, 1.807) is 24.3 Å². The van der Waals surface area contributed by atoms with Crippen molar-refractivity contribution in [3.63, 3.8) is 0 Å². The van der Waals surface area contributed by atoms with Gasteiger partial charge in [0.2, 0.25) is 5.78 Å². The van der Waals surface area contributed by atoms with Crippen molar-refractivity contribution in [2.75, 3.05) is 5.88 Å². The molecule has 76 valence electrons. The molecule has 0 saturated heterocycles. The Bertz CT molecular complexity index is 535.